The van der Waals surface area contributed by atoms with Gasteiger partial charge in [0.25, 0.3) is 0 Å². The minimum Gasteiger partial charge on any atom is -0.396 e. The van der Waals surface area contributed by atoms with Gasteiger partial charge in [0.1, 0.15) is 0 Å². The van der Waals surface area contributed by atoms with E-state index in [0.29, 0.717) is 17.9 Å². The Morgan fingerprint density at radius 3 is 2.26 bits per heavy atom. The normalized spacial score (nSPS) is 33.1. The van der Waals surface area contributed by atoms with Gasteiger partial charge in [-0.25, -0.2) is 0 Å². The monoisotopic (exact) mass is 624 g/mol. The minimum atomic E-state index is -0.0367. The number of aliphatic hydroxyl groups excluding tert-OH is 2. The van der Waals surface area contributed by atoms with Crippen LogP contribution in [0.1, 0.15) is 71.6 Å². The molecule has 0 aromatic heterocycles. The molecule has 1 unspecified atom stereocenters. The van der Waals surface area contributed by atoms with Gasteiger partial charge in [0, 0.05) is 137 Å². The quantitative estimate of drug-likeness (QED) is 0.443. The first-order chi connectivity index (χ1) is 9.09. The van der Waals surface area contributed by atoms with Gasteiger partial charge >= 0.3 is 0 Å². The molecule has 0 bridgehead atoms. The standard InChI is InChI=1S/C17H32O2.4Y/c1-13(7-4-3-5-12-18)14-9-10-15-16(19)8-6-11-17(14,15)2;;;;/h13-16,18-19H,3-12H2,1-2H3;;;;/t13-,14?,15+,16+,17-;;;;/m1..../s1. The molecule has 0 saturated heterocycles. The molecule has 0 aromatic carbocycles. The van der Waals surface area contributed by atoms with E-state index in [1.807, 2.05) is 0 Å². The van der Waals surface area contributed by atoms with Crippen molar-refractivity contribution < 1.29 is 141 Å². The maximum absolute atomic E-state index is 10.3. The summed E-state index contributed by atoms with van der Waals surface area (Å²) in [4.78, 5) is 0. The second kappa shape index (κ2) is 16.2. The summed E-state index contributed by atoms with van der Waals surface area (Å²) in [5.41, 5.74) is 0.397. The van der Waals surface area contributed by atoms with Gasteiger partial charge in [-0.1, -0.05) is 39.5 Å². The smallest absolute Gasteiger partial charge is 0.0573 e. The summed E-state index contributed by atoms with van der Waals surface area (Å²) in [6.07, 6.45) is 10.7. The van der Waals surface area contributed by atoms with Gasteiger partial charge in [-0.2, -0.15) is 0 Å². The predicted molar refractivity (Wildman–Crippen MR) is 78.9 cm³/mol. The van der Waals surface area contributed by atoms with Crippen LogP contribution in [0.15, 0.2) is 0 Å². The van der Waals surface area contributed by atoms with Crippen molar-refractivity contribution in [3.63, 3.8) is 0 Å². The summed E-state index contributed by atoms with van der Waals surface area (Å²) in [5, 5.41) is 19.1. The minimum absolute atomic E-state index is 0. The van der Waals surface area contributed by atoms with Crippen LogP contribution < -0.4 is 0 Å². The Labute approximate surface area is 244 Å². The molecule has 0 aromatic rings. The number of fused-ring (bicyclic) bond motifs is 1. The molecular weight excluding hydrogens is 592 g/mol. The van der Waals surface area contributed by atoms with Crippen molar-refractivity contribution in [2.45, 2.75) is 77.7 Å². The number of unbranched alkanes of at least 4 members (excludes halogenated alkanes) is 2. The molecule has 0 aliphatic heterocycles. The number of aliphatic hydroxyl groups is 2. The Balaban J connectivity index is -0.000001000. The van der Waals surface area contributed by atoms with E-state index in [9.17, 15) is 5.11 Å². The Morgan fingerprint density at radius 1 is 1.00 bits per heavy atom. The summed E-state index contributed by atoms with van der Waals surface area (Å²) < 4.78 is 0. The van der Waals surface area contributed by atoms with Gasteiger partial charge in [0.15, 0.2) is 0 Å². The second-order valence-corrected chi connectivity index (χ2v) is 7.31. The topological polar surface area (TPSA) is 40.5 Å². The van der Waals surface area contributed by atoms with E-state index in [1.54, 1.807) is 0 Å². The van der Waals surface area contributed by atoms with Gasteiger partial charge in [-0.05, 0) is 55.3 Å². The molecule has 2 N–H and O–H groups in total. The first kappa shape index (κ1) is 32.0. The first-order valence-electron chi connectivity index (χ1n) is 8.38. The van der Waals surface area contributed by atoms with Crippen LogP contribution in [-0.2, 0) is 131 Å². The molecular formula is C17H32O2Y4. The third-order valence-electron chi connectivity index (χ3n) is 6.17. The molecule has 0 spiro atoms. The van der Waals surface area contributed by atoms with Crippen molar-refractivity contribution in [1.82, 2.24) is 0 Å². The van der Waals surface area contributed by atoms with E-state index in [0.717, 1.165) is 31.1 Å². The van der Waals surface area contributed by atoms with Gasteiger partial charge < -0.3 is 10.2 Å². The molecule has 4 radical (unpaired) electrons. The fourth-order valence-corrected chi connectivity index (χ4v) is 5.08. The number of hydrogen-bond acceptors (Lipinski definition) is 2. The van der Waals surface area contributed by atoms with Crippen LogP contribution in [0.4, 0.5) is 0 Å². The van der Waals surface area contributed by atoms with Crippen molar-refractivity contribution in [1.29, 1.82) is 0 Å². The summed E-state index contributed by atoms with van der Waals surface area (Å²) in [5.74, 6) is 2.15. The Kier molecular flexibility index (Phi) is 22.5. The van der Waals surface area contributed by atoms with Crippen LogP contribution in [0, 0.1) is 23.2 Å². The molecule has 2 fully saturated rings. The molecule has 2 aliphatic rings. The molecule has 0 heterocycles. The fourth-order valence-electron chi connectivity index (χ4n) is 5.08. The zero-order valence-electron chi connectivity index (χ0n) is 15.1. The Bertz CT molecular complexity index is 294. The molecule has 6 heteroatoms. The third-order valence-corrected chi connectivity index (χ3v) is 6.17. The largest absolute Gasteiger partial charge is 0.396 e. The maximum Gasteiger partial charge on any atom is 0.0573 e. The SMILES string of the molecule is C[C@H](CCCCCO)C1CC[C@H]2[C@@H](O)CCC[C@]12C.[Y].[Y].[Y].[Y]. The van der Waals surface area contributed by atoms with E-state index < -0.39 is 0 Å². The summed E-state index contributed by atoms with van der Waals surface area (Å²) >= 11 is 0. The first-order valence-corrected chi connectivity index (χ1v) is 8.38. The van der Waals surface area contributed by atoms with Crippen molar-refractivity contribution in [3.05, 3.63) is 0 Å². The van der Waals surface area contributed by atoms with Crippen molar-refractivity contribution >= 4 is 0 Å². The van der Waals surface area contributed by atoms with Crippen LogP contribution >= 0.6 is 0 Å². The van der Waals surface area contributed by atoms with Gasteiger partial charge in [0.2, 0.25) is 0 Å². The molecule has 5 atom stereocenters. The van der Waals surface area contributed by atoms with E-state index in [4.69, 9.17) is 5.11 Å². The summed E-state index contributed by atoms with van der Waals surface area (Å²) in [6.45, 7) is 5.20. The molecule has 2 rings (SSSR count). The van der Waals surface area contributed by atoms with E-state index in [1.165, 1.54) is 38.5 Å². The molecule has 0 amide bonds. The van der Waals surface area contributed by atoms with E-state index >= 15 is 0 Å². The van der Waals surface area contributed by atoms with Gasteiger partial charge in [-0.3, -0.25) is 0 Å². The zero-order valence-corrected chi connectivity index (χ0v) is 26.4. The van der Waals surface area contributed by atoms with Crippen molar-refractivity contribution in [2.24, 2.45) is 23.2 Å². The molecule has 2 saturated carbocycles. The fraction of sp³-hybridized carbons (Fsp3) is 1.00. The van der Waals surface area contributed by atoms with E-state index in [-0.39, 0.29) is 137 Å². The average molecular weight is 624 g/mol. The van der Waals surface area contributed by atoms with Crippen LogP contribution in [0.25, 0.3) is 0 Å². The Hall–Kier alpha value is 4.34. The van der Waals surface area contributed by atoms with Crippen LogP contribution in [-0.4, -0.2) is 22.9 Å². The molecule has 23 heavy (non-hydrogen) atoms. The summed E-state index contributed by atoms with van der Waals surface area (Å²) in [6, 6.07) is 0. The zero-order chi connectivity index (χ0) is 13.9. The van der Waals surface area contributed by atoms with Crippen LogP contribution in [0.2, 0.25) is 0 Å². The van der Waals surface area contributed by atoms with E-state index in [2.05, 4.69) is 13.8 Å². The molecule has 2 nitrogen and oxygen atoms in total. The van der Waals surface area contributed by atoms with Crippen molar-refractivity contribution in [3.8, 4) is 0 Å². The molecule has 124 valence electrons. The Morgan fingerprint density at radius 2 is 1.65 bits per heavy atom. The summed E-state index contributed by atoms with van der Waals surface area (Å²) in [7, 11) is 0. The number of hydrogen-bond donors (Lipinski definition) is 2. The van der Waals surface area contributed by atoms with Crippen LogP contribution in [0.5, 0.6) is 0 Å². The van der Waals surface area contributed by atoms with Gasteiger partial charge in [-0.15, -0.1) is 0 Å². The molecule has 2 aliphatic carbocycles. The third kappa shape index (κ3) is 8.70. The number of rotatable bonds is 6. The predicted octanol–water partition coefficient (Wildman–Crippen LogP) is 3.74. The van der Waals surface area contributed by atoms with Crippen molar-refractivity contribution in [2.75, 3.05) is 6.61 Å². The second-order valence-electron chi connectivity index (χ2n) is 7.31. The maximum atomic E-state index is 10.3. The average Bonchev–Trinajstić information content (AvgIpc) is 2.73. The van der Waals surface area contributed by atoms with Gasteiger partial charge in [0.05, 0.1) is 6.10 Å². The van der Waals surface area contributed by atoms with Crippen LogP contribution in [0.3, 0.4) is 0 Å².